The molecule has 0 fully saturated rings. The van der Waals surface area contributed by atoms with Gasteiger partial charge in [0.05, 0.1) is 0 Å². The Morgan fingerprint density at radius 2 is 1.95 bits per heavy atom. The smallest absolute Gasteiger partial charge is 0.248 e. The van der Waals surface area contributed by atoms with E-state index in [-0.39, 0.29) is 0 Å². The fraction of sp³-hybridized carbons (Fsp3) is 0.133. The van der Waals surface area contributed by atoms with E-state index in [1.165, 1.54) is 0 Å². The standard InChI is InChI=1S/C15H14N4O/c16-14(12-6-2-1-3-7-12)15-18-13(19-20-15)9-11-5-4-8-17-10-11/h1-8,10,14H,9,16H2/t14-/m1/s1. The minimum absolute atomic E-state index is 0.397. The molecule has 0 aliphatic heterocycles. The molecule has 0 unspecified atom stereocenters. The normalized spacial score (nSPS) is 12.2. The third-order valence-electron chi connectivity index (χ3n) is 2.99. The molecule has 2 N–H and O–H groups in total. The number of nitrogens with zero attached hydrogens (tertiary/aromatic N) is 3. The molecule has 0 saturated heterocycles. The van der Waals surface area contributed by atoms with E-state index < -0.39 is 6.04 Å². The average molecular weight is 266 g/mol. The van der Waals surface area contributed by atoms with E-state index in [2.05, 4.69) is 15.1 Å². The Bertz CT molecular complexity index is 667. The summed E-state index contributed by atoms with van der Waals surface area (Å²) < 4.78 is 5.25. The summed E-state index contributed by atoms with van der Waals surface area (Å²) in [6.45, 7) is 0. The molecule has 1 atom stereocenters. The number of hydrogen-bond donors (Lipinski definition) is 1. The molecule has 5 nitrogen and oxygen atoms in total. The SMILES string of the molecule is N[C@H](c1ccccc1)c1nc(Cc2cccnc2)no1. The van der Waals surface area contributed by atoms with Gasteiger partial charge in [0, 0.05) is 18.8 Å². The van der Waals surface area contributed by atoms with Crippen molar-refractivity contribution in [2.75, 3.05) is 0 Å². The van der Waals surface area contributed by atoms with Crippen molar-refractivity contribution in [3.05, 3.63) is 77.7 Å². The Morgan fingerprint density at radius 1 is 1.10 bits per heavy atom. The molecule has 0 aliphatic carbocycles. The summed E-state index contributed by atoms with van der Waals surface area (Å²) in [5, 5.41) is 3.96. The van der Waals surface area contributed by atoms with Crippen LogP contribution in [0.25, 0.3) is 0 Å². The molecule has 0 saturated carbocycles. The molecule has 2 heterocycles. The van der Waals surface area contributed by atoms with Crippen molar-refractivity contribution in [2.24, 2.45) is 5.73 Å². The Kier molecular flexibility index (Phi) is 3.52. The summed E-state index contributed by atoms with van der Waals surface area (Å²) in [5.41, 5.74) is 8.10. The lowest BCUT2D eigenvalue weighted by Gasteiger charge is -2.05. The topological polar surface area (TPSA) is 77.8 Å². The van der Waals surface area contributed by atoms with E-state index in [0.717, 1.165) is 11.1 Å². The number of nitrogens with two attached hydrogens (primary N) is 1. The van der Waals surface area contributed by atoms with Gasteiger partial charge in [0.15, 0.2) is 5.82 Å². The van der Waals surface area contributed by atoms with Crippen LogP contribution in [0.4, 0.5) is 0 Å². The summed E-state index contributed by atoms with van der Waals surface area (Å²) in [7, 11) is 0. The van der Waals surface area contributed by atoms with Crippen LogP contribution in [-0.2, 0) is 6.42 Å². The second kappa shape index (κ2) is 5.63. The second-order valence-corrected chi connectivity index (χ2v) is 4.48. The Morgan fingerprint density at radius 3 is 2.70 bits per heavy atom. The zero-order valence-electron chi connectivity index (χ0n) is 10.8. The summed E-state index contributed by atoms with van der Waals surface area (Å²) >= 11 is 0. The molecular weight excluding hydrogens is 252 g/mol. The van der Waals surface area contributed by atoms with Crippen molar-refractivity contribution < 1.29 is 4.52 Å². The van der Waals surface area contributed by atoms with E-state index in [1.54, 1.807) is 12.4 Å². The number of benzene rings is 1. The number of aromatic nitrogens is 3. The maximum absolute atomic E-state index is 6.11. The van der Waals surface area contributed by atoms with Gasteiger partial charge in [0.1, 0.15) is 6.04 Å². The fourth-order valence-corrected chi connectivity index (χ4v) is 1.95. The first kappa shape index (κ1) is 12.5. The maximum Gasteiger partial charge on any atom is 0.248 e. The number of hydrogen-bond acceptors (Lipinski definition) is 5. The summed E-state index contributed by atoms with van der Waals surface area (Å²) in [6, 6.07) is 13.1. The Balaban J connectivity index is 1.77. The highest BCUT2D eigenvalue weighted by molar-refractivity contribution is 5.23. The largest absolute Gasteiger partial charge is 0.337 e. The Labute approximate surface area is 116 Å². The lowest BCUT2D eigenvalue weighted by atomic mass is 10.1. The van der Waals surface area contributed by atoms with Crippen LogP contribution < -0.4 is 5.73 Å². The van der Waals surface area contributed by atoms with E-state index in [9.17, 15) is 0 Å². The second-order valence-electron chi connectivity index (χ2n) is 4.48. The molecule has 0 amide bonds. The molecule has 5 heteroatoms. The van der Waals surface area contributed by atoms with Crippen molar-refractivity contribution >= 4 is 0 Å². The molecule has 0 radical (unpaired) electrons. The molecule has 3 rings (SSSR count). The van der Waals surface area contributed by atoms with Gasteiger partial charge in [-0.1, -0.05) is 41.6 Å². The van der Waals surface area contributed by atoms with Crippen LogP contribution in [0.5, 0.6) is 0 Å². The monoisotopic (exact) mass is 266 g/mol. The minimum atomic E-state index is -0.397. The zero-order chi connectivity index (χ0) is 13.8. The van der Waals surface area contributed by atoms with Crippen LogP contribution in [0.2, 0.25) is 0 Å². The highest BCUT2D eigenvalue weighted by Gasteiger charge is 2.16. The molecule has 20 heavy (non-hydrogen) atoms. The summed E-state index contributed by atoms with van der Waals surface area (Å²) in [4.78, 5) is 8.41. The molecular formula is C15H14N4O. The van der Waals surface area contributed by atoms with Crippen LogP contribution >= 0.6 is 0 Å². The number of pyridine rings is 1. The highest BCUT2D eigenvalue weighted by atomic mass is 16.5. The van der Waals surface area contributed by atoms with Gasteiger partial charge in [-0.2, -0.15) is 4.98 Å². The van der Waals surface area contributed by atoms with Gasteiger partial charge in [-0.3, -0.25) is 4.98 Å². The Hall–Kier alpha value is -2.53. The fourth-order valence-electron chi connectivity index (χ4n) is 1.95. The van der Waals surface area contributed by atoms with Gasteiger partial charge >= 0.3 is 0 Å². The zero-order valence-corrected chi connectivity index (χ0v) is 10.8. The number of rotatable bonds is 4. The highest BCUT2D eigenvalue weighted by Crippen LogP contribution is 2.18. The van der Waals surface area contributed by atoms with Crippen molar-refractivity contribution in [3.8, 4) is 0 Å². The van der Waals surface area contributed by atoms with Crippen LogP contribution in [0.1, 0.15) is 28.9 Å². The third kappa shape index (κ3) is 2.73. The first-order chi connectivity index (χ1) is 9.83. The molecule has 0 spiro atoms. The van der Waals surface area contributed by atoms with Crippen LogP contribution in [0.3, 0.4) is 0 Å². The van der Waals surface area contributed by atoms with Gasteiger partial charge in [-0.25, -0.2) is 0 Å². The van der Waals surface area contributed by atoms with Crippen LogP contribution in [-0.4, -0.2) is 15.1 Å². The van der Waals surface area contributed by atoms with Gasteiger partial charge in [-0.15, -0.1) is 0 Å². The lowest BCUT2D eigenvalue weighted by molar-refractivity contribution is 0.363. The van der Waals surface area contributed by atoms with Crippen molar-refractivity contribution in [2.45, 2.75) is 12.5 Å². The molecule has 0 bridgehead atoms. The molecule has 100 valence electrons. The predicted molar refractivity (Wildman–Crippen MR) is 73.8 cm³/mol. The van der Waals surface area contributed by atoms with Crippen molar-refractivity contribution in [1.82, 2.24) is 15.1 Å². The maximum atomic E-state index is 6.11. The molecule has 3 aromatic rings. The van der Waals surface area contributed by atoms with Crippen LogP contribution in [0, 0.1) is 0 Å². The quantitative estimate of drug-likeness (QED) is 0.782. The molecule has 1 aromatic carbocycles. The summed E-state index contributed by atoms with van der Waals surface area (Å²) in [5.74, 6) is 1.04. The van der Waals surface area contributed by atoms with Gasteiger partial charge in [0.25, 0.3) is 0 Å². The summed E-state index contributed by atoms with van der Waals surface area (Å²) in [6.07, 6.45) is 4.10. The van der Waals surface area contributed by atoms with Crippen molar-refractivity contribution in [3.63, 3.8) is 0 Å². The van der Waals surface area contributed by atoms with E-state index in [1.807, 2.05) is 42.5 Å². The van der Waals surface area contributed by atoms with Crippen molar-refractivity contribution in [1.29, 1.82) is 0 Å². The van der Waals surface area contributed by atoms with Crippen LogP contribution in [0.15, 0.2) is 59.4 Å². The van der Waals surface area contributed by atoms with Gasteiger partial charge < -0.3 is 10.3 Å². The van der Waals surface area contributed by atoms with E-state index in [0.29, 0.717) is 18.1 Å². The predicted octanol–water partition coefficient (Wildman–Crippen LogP) is 2.10. The first-order valence-corrected chi connectivity index (χ1v) is 6.35. The third-order valence-corrected chi connectivity index (χ3v) is 2.99. The van der Waals surface area contributed by atoms with E-state index >= 15 is 0 Å². The molecule has 2 aromatic heterocycles. The average Bonchev–Trinajstić information content (AvgIpc) is 2.97. The minimum Gasteiger partial charge on any atom is -0.337 e. The lowest BCUT2D eigenvalue weighted by Crippen LogP contribution is -2.12. The van der Waals surface area contributed by atoms with E-state index in [4.69, 9.17) is 10.3 Å². The van der Waals surface area contributed by atoms with Gasteiger partial charge in [0.2, 0.25) is 5.89 Å². The first-order valence-electron chi connectivity index (χ1n) is 6.35. The molecule has 0 aliphatic rings. The van der Waals surface area contributed by atoms with Gasteiger partial charge in [-0.05, 0) is 17.2 Å².